The molecule has 1 N–H and O–H groups in total. The maximum atomic E-state index is 12.5. The highest BCUT2D eigenvalue weighted by atomic mass is 32.2. The monoisotopic (exact) mass is 406 g/mol. The van der Waals surface area contributed by atoms with Crippen molar-refractivity contribution in [2.24, 2.45) is 5.10 Å². The minimum absolute atomic E-state index is 0.189. The van der Waals surface area contributed by atoms with Gasteiger partial charge in [-0.3, -0.25) is 0 Å². The van der Waals surface area contributed by atoms with Crippen molar-refractivity contribution in [1.82, 2.24) is 4.83 Å². The van der Waals surface area contributed by atoms with Crippen LogP contribution in [-0.2, 0) is 10.0 Å². The van der Waals surface area contributed by atoms with Crippen LogP contribution < -0.4 is 19.0 Å². The molecule has 2 aromatic rings. The Morgan fingerprint density at radius 1 is 1.07 bits per heavy atom. The van der Waals surface area contributed by atoms with Crippen molar-refractivity contribution in [3.8, 4) is 17.2 Å². The van der Waals surface area contributed by atoms with Crippen LogP contribution in [0, 0.1) is 13.8 Å². The molecule has 0 unspecified atom stereocenters. The number of methoxy groups -OCH3 is 2. The van der Waals surface area contributed by atoms with Crippen LogP contribution in [0.2, 0.25) is 0 Å². The van der Waals surface area contributed by atoms with Gasteiger partial charge in [0, 0.05) is 5.56 Å². The zero-order valence-corrected chi connectivity index (χ0v) is 17.6. The number of ether oxygens (including phenoxy) is 3. The fourth-order valence-electron chi connectivity index (χ4n) is 2.64. The Bertz CT molecular complexity index is 930. The van der Waals surface area contributed by atoms with E-state index in [4.69, 9.17) is 14.2 Å². The quantitative estimate of drug-likeness (QED) is 0.509. The normalized spacial score (nSPS) is 11.5. The number of rotatable bonds is 9. The third kappa shape index (κ3) is 5.16. The highest BCUT2D eigenvalue weighted by molar-refractivity contribution is 7.89. The van der Waals surface area contributed by atoms with Crippen LogP contribution in [0.1, 0.15) is 30.0 Å². The van der Waals surface area contributed by atoms with Crippen molar-refractivity contribution in [1.29, 1.82) is 0 Å². The van der Waals surface area contributed by atoms with Gasteiger partial charge in [0.05, 0.1) is 31.9 Å². The zero-order valence-electron chi connectivity index (χ0n) is 16.8. The lowest BCUT2D eigenvalue weighted by Gasteiger charge is -2.14. The molecule has 8 heteroatoms. The van der Waals surface area contributed by atoms with E-state index >= 15 is 0 Å². The van der Waals surface area contributed by atoms with E-state index in [0.717, 1.165) is 12.0 Å². The van der Waals surface area contributed by atoms with Crippen molar-refractivity contribution in [3.05, 3.63) is 47.0 Å². The van der Waals surface area contributed by atoms with Crippen molar-refractivity contribution in [2.75, 3.05) is 20.8 Å². The standard InChI is InChI=1S/C20H26N2O5S/c1-6-9-27-20-17(25-4)11-16(12-18(20)26-5)13-21-22-28(23,24)19-8-7-14(2)10-15(19)3/h7-8,10-13,22H,6,9H2,1-5H3/b21-13+. The van der Waals surface area contributed by atoms with Gasteiger partial charge in [0.1, 0.15) is 0 Å². The smallest absolute Gasteiger partial charge is 0.276 e. The second kappa shape index (κ2) is 9.45. The second-order valence-corrected chi connectivity index (χ2v) is 7.85. The Hall–Kier alpha value is -2.74. The average molecular weight is 407 g/mol. The van der Waals surface area contributed by atoms with E-state index in [1.54, 1.807) is 31.2 Å². The van der Waals surface area contributed by atoms with E-state index in [1.807, 2.05) is 19.9 Å². The van der Waals surface area contributed by atoms with Gasteiger partial charge in [0.15, 0.2) is 11.5 Å². The molecule has 7 nitrogen and oxygen atoms in total. The Labute approximate surface area is 166 Å². The SMILES string of the molecule is CCCOc1c(OC)cc(/C=N/NS(=O)(=O)c2ccc(C)cc2C)cc1OC. The minimum atomic E-state index is -3.76. The molecule has 0 aliphatic carbocycles. The van der Waals surface area contributed by atoms with Gasteiger partial charge in [0.25, 0.3) is 10.0 Å². The number of nitrogens with one attached hydrogen (secondary N) is 1. The predicted molar refractivity (Wildman–Crippen MR) is 109 cm³/mol. The summed E-state index contributed by atoms with van der Waals surface area (Å²) in [7, 11) is -0.714. The number of nitrogens with zero attached hydrogens (tertiary/aromatic N) is 1. The molecule has 152 valence electrons. The Morgan fingerprint density at radius 3 is 2.25 bits per heavy atom. The first-order valence-electron chi connectivity index (χ1n) is 8.83. The van der Waals surface area contributed by atoms with Crippen LogP contribution in [0.3, 0.4) is 0 Å². The number of sulfonamides is 1. The topological polar surface area (TPSA) is 86.2 Å². The first-order chi connectivity index (χ1) is 13.3. The summed E-state index contributed by atoms with van der Waals surface area (Å²) in [5.41, 5.74) is 2.24. The zero-order chi connectivity index (χ0) is 20.7. The van der Waals surface area contributed by atoms with Gasteiger partial charge in [-0.05, 0) is 44.0 Å². The summed E-state index contributed by atoms with van der Waals surface area (Å²) < 4.78 is 41.4. The van der Waals surface area contributed by atoms with E-state index in [2.05, 4.69) is 9.93 Å². The summed E-state index contributed by atoms with van der Waals surface area (Å²) in [4.78, 5) is 2.43. The van der Waals surface area contributed by atoms with Gasteiger partial charge in [0.2, 0.25) is 5.75 Å². The number of hydrogen-bond donors (Lipinski definition) is 1. The lowest BCUT2D eigenvalue weighted by Crippen LogP contribution is -2.19. The van der Waals surface area contributed by atoms with Crippen molar-refractivity contribution < 1.29 is 22.6 Å². The van der Waals surface area contributed by atoms with Gasteiger partial charge < -0.3 is 14.2 Å². The number of aryl methyl sites for hydroxylation is 2. The third-order valence-corrected chi connectivity index (χ3v) is 5.32. The van der Waals surface area contributed by atoms with Gasteiger partial charge in [-0.25, -0.2) is 4.83 Å². The van der Waals surface area contributed by atoms with Gasteiger partial charge in [-0.1, -0.05) is 24.6 Å². The van der Waals surface area contributed by atoms with E-state index in [0.29, 0.717) is 35.0 Å². The van der Waals surface area contributed by atoms with Gasteiger partial charge in [-0.15, -0.1) is 0 Å². The van der Waals surface area contributed by atoms with Crippen molar-refractivity contribution >= 4 is 16.2 Å². The van der Waals surface area contributed by atoms with Gasteiger partial charge in [-0.2, -0.15) is 13.5 Å². The highest BCUT2D eigenvalue weighted by Crippen LogP contribution is 2.38. The number of hydrogen-bond acceptors (Lipinski definition) is 6. The van der Waals surface area contributed by atoms with Crippen LogP contribution in [0.5, 0.6) is 17.2 Å². The van der Waals surface area contributed by atoms with Crippen LogP contribution in [0.15, 0.2) is 40.3 Å². The largest absolute Gasteiger partial charge is 0.493 e. The molecule has 0 aromatic heterocycles. The average Bonchev–Trinajstić information content (AvgIpc) is 2.65. The van der Waals surface area contributed by atoms with E-state index < -0.39 is 10.0 Å². The molecule has 0 aliphatic rings. The molecule has 0 saturated heterocycles. The van der Waals surface area contributed by atoms with Crippen molar-refractivity contribution in [3.63, 3.8) is 0 Å². The van der Waals surface area contributed by atoms with Crippen LogP contribution >= 0.6 is 0 Å². The Balaban J connectivity index is 2.25. The molecule has 28 heavy (non-hydrogen) atoms. The fraction of sp³-hybridized carbons (Fsp3) is 0.350. The maximum absolute atomic E-state index is 12.5. The maximum Gasteiger partial charge on any atom is 0.276 e. The molecule has 0 atom stereocenters. The van der Waals surface area contributed by atoms with E-state index in [-0.39, 0.29) is 4.90 Å². The molecule has 0 amide bonds. The second-order valence-electron chi connectivity index (χ2n) is 6.22. The van der Waals surface area contributed by atoms with Crippen molar-refractivity contribution in [2.45, 2.75) is 32.1 Å². The molecule has 0 heterocycles. The van der Waals surface area contributed by atoms with E-state index in [9.17, 15) is 8.42 Å². The molecule has 0 radical (unpaired) electrons. The molecule has 2 rings (SSSR count). The molecular weight excluding hydrogens is 380 g/mol. The summed E-state index contributed by atoms with van der Waals surface area (Å²) in [5.74, 6) is 1.46. The Morgan fingerprint density at radius 2 is 1.71 bits per heavy atom. The van der Waals surface area contributed by atoms with E-state index in [1.165, 1.54) is 20.4 Å². The number of benzene rings is 2. The summed E-state index contributed by atoms with van der Waals surface area (Å²) in [6.45, 7) is 6.18. The lowest BCUT2D eigenvalue weighted by molar-refractivity contribution is 0.275. The predicted octanol–water partition coefficient (Wildman–Crippen LogP) is 3.42. The highest BCUT2D eigenvalue weighted by Gasteiger charge is 2.16. The first kappa shape index (κ1) is 21.6. The summed E-state index contributed by atoms with van der Waals surface area (Å²) >= 11 is 0. The molecule has 2 aromatic carbocycles. The summed E-state index contributed by atoms with van der Waals surface area (Å²) in [5, 5.41) is 3.88. The first-order valence-corrected chi connectivity index (χ1v) is 10.3. The van der Waals surface area contributed by atoms with Gasteiger partial charge >= 0.3 is 0 Å². The molecule has 0 spiro atoms. The molecule has 0 aliphatic heterocycles. The van der Waals surface area contributed by atoms with Crippen LogP contribution in [0.25, 0.3) is 0 Å². The summed E-state index contributed by atoms with van der Waals surface area (Å²) in [6.07, 6.45) is 2.23. The summed E-state index contributed by atoms with van der Waals surface area (Å²) in [6, 6.07) is 8.51. The lowest BCUT2D eigenvalue weighted by atomic mass is 10.2. The number of hydrazone groups is 1. The molecular formula is C20H26N2O5S. The van der Waals surface area contributed by atoms with Crippen LogP contribution in [0.4, 0.5) is 0 Å². The minimum Gasteiger partial charge on any atom is -0.493 e. The van der Waals surface area contributed by atoms with Crippen LogP contribution in [-0.4, -0.2) is 35.5 Å². The molecule has 0 bridgehead atoms. The molecule has 0 fully saturated rings. The third-order valence-electron chi connectivity index (χ3n) is 3.94. The molecule has 0 saturated carbocycles. The Kier molecular flexibility index (Phi) is 7.28. The fourth-order valence-corrected chi connectivity index (χ4v) is 3.66.